The van der Waals surface area contributed by atoms with Gasteiger partial charge < -0.3 is 10.6 Å². The molecule has 0 bridgehead atoms. The first-order chi connectivity index (χ1) is 10.0. The van der Waals surface area contributed by atoms with Crippen molar-refractivity contribution in [2.24, 2.45) is 0 Å². The molecule has 0 spiro atoms. The van der Waals surface area contributed by atoms with Gasteiger partial charge in [0.1, 0.15) is 0 Å². The van der Waals surface area contributed by atoms with Crippen LogP contribution in [-0.4, -0.2) is 33.1 Å². The Balaban J connectivity index is 1.63. The van der Waals surface area contributed by atoms with Crippen LogP contribution in [0.25, 0.3) is 0 Å². The Morgan fingerprint density at radius 3 is 2.43 bits per heavy atom. The quantitative estimate of drug-likeness (QED) is 0.774. The molecule has 3 rings (SSSR count). The maximum absolute atomic E-state index is 12.1. The lowest BCUT2D eigenvalue weighted by molar-refractivity contribution is 0.396. The van der Waals surface area contributed by atoms with E-state index >= 15 is 0 Å². The van der Waals surface area contributed by atoms with E-state index in [1.54, 1.807) is 12.1 Å². The lowest BCUT2D eigenvalue weighted by Gasteiger charge is -2.29. The van der Waals surface area contributed by atoms with Crippen LogP contribution >= 0.6 is 0 Å². The molecule has 1 saturated carbocycles. The van der Waals surface area contributed by atoms with Crippen molar-refractivity contribution in [2.45, 2.75) is 55.6 Å². The summed E-state index contributed by atoms with van der Waals surface area (Å²) in [5.41, 5.74) is 0.986. The summed E-state index contributed by atoms with van der Waals surface area (Å²) < 4.78 is 26.9. The number of benzene rings is 1. The van der Waals surface area contributed by atoms with Crippen molar-refractivity contribution in [3.8, 4) is 0 Å². The number of piperidine rings is 1. The van der Waals surface area contributed by atoms with E-state index in [4.69, 9.17) is 0 Å². The molecule has 1 aliphatic carbocycles. The maximum atomic E-state index is 12.1. The van der Waals surface area contributed by atoms with Gasteiger partial charge in [0.15, 0.2) is 0 Å². The summed E-state index contributed by atoms with van der Waals surface area (Å²) in [6.45, 7) is 3.21. The minimum absolute atomic E-state index is 0.143. The lowest BCUT2D eigenvalue weighted by atomic mass is 10.0. The first-order valence-electron chi connectivity index (χ1n) is 7.65. The highest BCUT2D eigenvalue weighted by Crippen LogP contribution is 2.23. The van der Waals surface area contributed by atoms with Gasteiger partial charge in [0.05, 0.1) is 4.90 Å². The summed E-state index contributed by atoms with van der Waals surface area (Å²) in [5, 5.41) is 6.91. The number of rotatable bonds is 5. The molecule has 2 atom stereocenters. The number of hydrogen-bond donors (Lipinski definition) is 3. The SMILES string of the molecule is CC1CC(Nc2ccc(S(=O)(=O)NC3CC3)cc2)CCN1. The van der Waals surface area contributed by atoms with Crippen LogP contribution in [0.15, 0.2) is 29.2 Å². The topological polar surface area (TPSA) is 70.2 Å². The molecule has 2 unspecified atom stereocenters. The molecule has 1 aliphatic heterocycles. The molecule has 21 heavy (non-hydrogen) atoms. The predicted molar refractivity (Wildman–Crippen MR) is 83.9 cm³/mol. The summed E-state index contributed by atoms with van der Waals surface area (Å²) in [7, 11) is -3.34. The highest BCUT2D eigenvalue weighted by molar-refractivity contribution is 7.89. The van der Waals surface area contributed by atoms with Crippen LogP contribution in [0, 0.1) is 0 Å². The molecule has 2 aliphatic rings. The Morgan fingerprint density at radius 2 is 1.81 bits per heavy atom. The highest BCUT2D eigenvalue weighted by atomic mass is 32.2. The van der Waals surface area contributed by atoms with E-state index in [0.717, 1.165) is 37.9 Å². The molecule has 116 valence electrons. The Morgan fingerprint density at radius 1 is 1.10 bits per heavy atom. The van der Waals surface area contributed by atoms with Crippen molar-refractivity contribution in [3.05, 3.63) is 24.3 Å². The molecule has 2 fully saturated rings. The van der Waals surface area contributed by atoms with Gasteiger partial charge in [-0.05, 0) is 63.4 Å². The molecule has 5 nitrogen and oxygen atoms in total. The Labute approximate surface area is 126 Å². The van der Waals surface area contributed by atoms with Gasteiger partial charge in [-0.1, -0.05) is 0 Å². The van der Waals surface area contributed by atoms with Crippen molar-refractivity contribution >= 4 is 15.7 Å². The second-order valence-electron chi connectivity index (χ2n) is 6.14. The van der Waals surface area contributed by atoms with E-state index in [1.807, 2.05) is 12.1 Å². The van der Waals surface area contributed by atoms with Gasteiger partial charge in [-0.3, -0.25) is 0 Å². The van der Waals surface area contributed by atoms with E-state index in [0.29, 0.717) is 17.0 Å². The molecule has 6 heteroatoms. The predicted octanol–water partition coefficient (Wildman–Crippen LogP) is 1.68. The zero-order valence-electron chi connectivity index (χ0n) is 12.3. The monoisotopic (exact) mass is 309 g/mol. The number of sulfonamides is 1. The minimum atomic E-state index is -3.34. The molecule has 0 aromatic heterocycles. The van der Waals surface area contributed by atoms with Gasteiger partial charge >= 0.3 is 0 Å². The first kappa shape index (κ1) is 14.8. The van der Waals surface area contributed by atoms with E-state index in [2.05, 4.69) is 22.3 Å². The zero-order valence-corrected chi connectivity index (χ0v) is 13.1. The van der Waals surface area contributed by atoms with Gasteiger partial charge in [0.25, 0.3) is 0 Å². The Hall–Kier alpha value is -1.11. The van der Waals surface area contributed by atoms with Gasteiger partial charge in [-0.2, -0.15) is 0 Å². The normalized spacial score (nSPS) is 26.5. The van der Waals surface area contributed by atoms with Crippen molar-refractivity contribution < 1.29 is 8.42 Å². The van der Waals surface area contributed by atoms with Gasteiger partial charge in [-0.15, -0.1) is 0 Å². The van der Waals surface area contributed by atoms with Crippen LogP contribution in [0.4, 0.5) is 5.69 Å². The highest BCUT2D eigenvalue weighted by Gasteiger charge is 2.27. The summed E-state index contributed by atoms with van der Waals surface area (Å²) >= 11 is 0. The fraction of sp³-hybridized carbons (Fsp3) is 0.600. The third-order valence-corrected chi connectivity index (χ3v) is 5.59. The van der Waals surface area contributed by atoms with E-state index in [9.17, 15) is 8.42 Å². The van der Waals surface area contributed by atoms with Crippen molar-refractivity contribution in [1.29, 1.82) is 0 Å². The molecule has 0 radical (unpaired) electrons. The second kappa shape index (κ2) is 5.94. The summed E-state index contributed by atoms with van der Waals surface area (Å²) in [6, 6.07) is 8.19. The van der Waals surface area contributed by atoms with Crippen molar-refractivity contribution in [1.82, 2.24) is 10.0 Å². The van der Waals surface area contributed by atoms with Crippen molar-refractivity contribution in [2.75, 3.05) is 11.9 Å². The van der Waals surface area contributed by atoms with Crippen LogP contribution in [0.1, 0.15) is 32.6 Å². The zero-order chi connectivity index (χ0) is 14.9. The lowest BCUT2D eigenvalue weighted by Crippen LogP contribution is -2.41. The van der Waals surface area contributed by atoms with Crippen LogP contribution in [0.5, 0.6) is 0 Å². The smallest absolute Gasteiger partial charge is 0.240 e. The average molecular weight is 309 g/mol. The summed E-state index contributed by atoms with van der Waals surface area (Å²) in [6.07, 6.45) is 4.08. The molecule has 1 heterocycles. The first-order valence-corrected chi connectivity index (χ1v) is 9.13. The second-order valence-corrected chi connectivity index (χ2v) is 7.85. The van der Waals surface area contributed by atoms with E-state index in [1.165, 1.54) is 0 Å². The average Bonchev–Trinajstić information content (AvgIpc) is 3.23. The van der Waals surface area contributed by atoms with E-state index in [-0.39, 0.29) is 6.04 Å². The molecular formula is C15H23N3O2S. The summed E-state index contributed by atoms with van der Waals surface area (Å²) in [4.78, 5) is 0.346. The Kier molecular flexibility index (Phi) is 4.19. The molecule has 1 aromatic rings. The van der Waals surface area contributed by atoms with Crippen LogP contribution in [-0.2, 0) is 10.0 Å². The molecule has 3 N–H and O–H groups in total. The number of nitrogens with one attached hydrogen (secondary N) is 3. The van der Waals surface area contributed by atoms with Gasteiger partial charge in [0, 0.05) is 23.8 Å². The molecular weight excluding hydrogens is 286 g/mol. The maximum Gasteiger partial charge on any atom is 0.240 e. The van der Waals surface area contributed by atoms with E-state index < -0.39 is 10.0 Å². The minimum Gasteiger partial charge on any atom is -0.382 e. The Bertz CT molecular complexity index is 581. The fourth-order valence-corrected chi connectivity index (χ4v) is 4.02. The summed E-state index contributed by atoms with van der Waals surface area (Å²) in [5.74, 6) is 0. The fourth-order valence-electron chi connectivity index (χ4n) is 2.72. The van der Waals surface area contributed by atoms with Crippen LogP contribution < -0.4 is 15.4 Å². The van der Waals surface area contributed by atoms with Gasteiger partial charge in [-0.25, -0.2) is 13.1 Å². The van der Waals surface area contributed by atoms with Crippen LogP contribution in [0.3, 0.4) is 0 Å². The largest absolute Gasteiger partial charge is 0.382 e. The molecule has 1 aromatic carbocycles. The van der Waals surface area contributed by atoms with Crippen LogP contribution in [0.2, 0.25) is 0 Å². The standard InChI is InChI=1S/C15H23N3O2S/c1-11-10-14(8-9-16-11)17-12-4-6-15(7-5-12)21(19,20)18-13-2-3-13/h4-7,11,13-14,16-18H,2-3,8-10H2,1H3. The van der Waals surface area contributed by atoms with Gasteiger partial charge in [0.2, 0.25) is 10.0 Å². The molecule has 0 amide bonds. The molecule has 1 saturated heterocycles. The number of anilines is 1. The van der Waals surface area contributed by atoms with Crippen molar-refractivity contribution in [3.63, 3.8) is 0 Å². The third-order valence-electron chi connectivity index (χ3n) is 4.06. The third kappa shape index (κ3) is 3.96. The number of hydrogen-bond acceptors (Lipinski definition) is 4.